The minimum absolute atomic E-state index is 0.117. The van der Waals surface area contributed by atoms with Gasteiger partial charge in [0.2, 0.25) is 0 Å². The maximum absolute atomic E-state index is 13.3. The lowest BCUT2D eigenvalue weighted by molar-refractivity contribution is -0.274. The Labute approximate surface area is 215 Å². The molecule has 4 rings (SSSR count). The van der Waals surface area contributed by atoms with E-state index in [0.29, 0.717) is 17.9 Å². The van der Waals surface area contributed by atoms with Crippen molar-refractivity contribution in [2.24, 2.45) is 0 Å². The summed E-state index contributed by atoms with van der Waals surface area (Å²) in [4.78, 5) is 31.7. The van der Waals surface area contributed by atoms with Crippen LogP contribution in [0.2, 0.25) is 0 Å². The van der Waals surface area contributed by atoms with Crippen LogP contribution in [-0.2, 0) is 9.59 Å². The van der Waals surface area contributed by atoms with Gasteiger partial charge in [0.1, 0.15) is 23.0 Å². The fraction of sp³-hybridized carbons (Fsp3) is 0.222. The van der Waals surface area contributed by atoms with Crippen LogP contribution in [0, 0.1) is 0 Å². The van der Waals surface area contributed by atoms with Gasteiger partial charge in [0.15, 0.2) is 0 Å². The number of hydrogen-bond acceptors (Lipinski definition) is 7. The number of rotatable bonds is 8. The van der Waals surface area contributed by atoms with Crippen molar-refractivity contribution in [3.05, 3.63) is 83.7 Å². The molecule has 2 heterocycles. The average molecular weight is 528 g/mol. The van der Waals surface area contributed by atoms with E-state index in [-0.39, 0.29) is 29.2 Å². The standard InChI is InChI=1S/C27H23F3N2O6/c1-3-36-19-11-12-20(21(14-19)37-4-2)24(33)22-23(16-6-5-13-31-15-16)32(26(35)25(22)34)17-7-9-18(10-8-17)38-27(28,29)30/h5-15,23,33H,3-4H2,1-2H3/b24-22-. The summed E-state index contributed by atoms with van der Waals surface area (Å²) in [6.45, 7) is 4.21. The molecule has 2 aromatic carbocycles. The van der Waals surface area contributed by atoms with Crippen LogP contribution in [0.5, 0.6) is 17.2 Å². The molecule has 8 nitrogen and oxygen atoms in total. The number of aliphatic hydroxyl groups is 1. The van der Waals surface area contributed by atoms with Crippen molar-refractivity contribution in [2.45, 2.75) is 26.3 Å². The number of anilines is 1. The normalized spacial score (nSPS) is 17.0. The predicted octanol–water partition coefficient (Wildman–Crippen LogP) is 5.40. The molecule has 198 valence electrons. The number of pyridine rings is 1. The highest BCUT2D eigenvalue weighted by Crippen LogP contribution is 2.44. The number of benzene rings is 2. The van der Waals surface area contributed by atoms with Gasteiger partial charge in [0.05, 0.1) is 30.4 Å². The van der Waals surface area contributed by atoms with Crippen molar-refractivity contribution in [3.8, 4) is 17.2 Å². The number of hydrogen-bond donors (Lipinski definition) is 1. The molecule has 0 aliphatic carbocycles. The molecule has 1 aromatic heterocycles. The molecule has 1 saturated heterocycles. The molecule has 0 spiro atoms. The zero-order chi connectivity index (χ0) is 27.4. The fourth-order valence-corrected chi connectivity index (χ4v) is 4.14. The van der Waals surface area contributed by atoms with E-state index in [0.717, 1.165) is 17.0 Å². The van der Waals surface area contributed by atoms with Gasteiger partial charge in [0.25, 0.3) is 11.7 Å². The molecule has 3 aromatic rings. The summed E-state index contributed by atoms with van der Waals surface area (Å²) < 4.78 is 52.9. The largest absolute Gasteiger partial charge is 0.573 e. The molecular formula is C27H23F3N2O6. The number of carbonyl (C=O) groups excluding carboxylic acids is 2. The number of ketones is 1. The van der Waals surface area contributed by atoms with Crippen molar-refractivity contribution in [1.82, 2.24) is 4.98 Å². The Bertz CT molecular complexity index is 1360. The Kier molecular flexibility index (Phi) is 7.56. The Hall–Kier alpha value is -4.54. The molecule has 1 unspecified atom stereocenters. The first-order valence-corrected chi connectivity index (χ1v) is 11.6. The average Bonchev–Trinajstić information content (AvgIpc) is 3.15. The quantitative estimate of drug-likeness (QED) is 0.237. The number of alkyl halides is 3. The van der Waals surface area contributed by atoms with Gasteiger partial charge < -0.3 is 19.3 Å². The Morgan fingerprint density at radius 1 is 1.00 bits per heavy atom. The van der Waals surface area contributed by atoms with E-state index >= 15 is 0 Å². The molecule has 38 heavy (non-hydrogen) atoms. The summed E-state index contributed by atoms with van der Waals surface area (Å²) >= 11 is 0. The Morgan fingerprint density at radius 2 is 1.68 bits per heavy atom. The van der Waals surface area contributed by atoms with E-state index < -0.39 is 35.6 Å². The number of Topliss-reactive ketones (excluding diaryl/α,β-unsaturated/α-hetero) is 1. The zero-order valence-corrected chi connectivity index (χ0v) is 20.4. The van der Waals surface area contributed by atoms with Crippen molar-refractivity contribution in [3.63, 3.8) is 0 Å². The van der Waals surface area contributed by atoms with Crippen LogP contribution in [0.4, 0.5) is 18.9 Å². The number of nitrogens with zero attached hydrogens (tertiary/aromatic N) is 2. The highest BCUT2D eigenvalue weighted by molar-refractivity contribution is 6.51. The molecule has 1 aliphatic heterocycles. The second-order valence-corrected chi connectivity index (χ2v) is 8.02. The third kappa shape index (κ3) is 5.41. The molecule has 1 amide bonds. The van der Waals surface area contributed by atoms with Gasteiger partial charge >= 0.3 is 6.36 Å². The molecule has 1 N–H and O–H groups in total. The third-order valence-electron chi connectivity index (χ3n) is 5.61. The first kappa shape index (κ1) is 26.5. The molecular weight excluding hydrogens is 505 g/mol. The summed E-state index contributed by atoms with van der Waals surface area (Å²) in [5.74, 6) is -2.22. The second kappa shape index (κ2) is 10.8. The lowest BCUT2D eigenvalue weighted by Crippen LogP contribution is -2.29. The molecule has 0 bridgehead atoms. The predicted molar refractivity (Wildman–Crippen MR) is 131 cm³/mol. The minimum atomic E-state index is -4.89. The number of carbonyl (C=O) groups is 2. The van der Waals surface area contributed by atoms with Crippen LogP contribution in [-0.4, -0.2) is 41.4 Å². The molecule has 0 radical (unpaired) electrons. The van der Waals surface area contributed by atoms with E-state index in [4.69, 9.17) is 9.47 Å². The second-order valence-electron chi connectivity index (χ2n) is 8.02. The van der Waals surface area contributed by atoms with Crippen LogP contribution in [0.3, 0.4) is 0 Å². The monoisotopic (exact) mass is 528 g/mol. The number of amides is 1. The first-order chi connectivity index (χ1) is 18.1. The summed E-state index contributed by atoms with van der Waals surface area (Å²) in [6, 6.07) is 11.3. The number of ether oxygens (including phenoxy) is 3. The Balaban J connectivity index is 1.86. The van der Waals surface area contributed by atoms with E-state index in [1.54, 1.807) is 31.2 Å². The van der Waals surface area contributed by atoms with Gasteiger partial charge in [-0.05, 0) is 61.9 Å². The van der Waals surface area contributed by atoms with Crippen molar-refractivity contribution in [2.75, 3.05) is 18.1 Å². The summed E-state index contributed by atoms with van der Waals surface area (Å²) in [7, 11) is 0. The maximum Gasteiger partial charge on any atom is 0.573 e. The lowest BCUT2D eigenvalue weighted by atomic mass is 9.95. The highest BCUT2D eigenvalue weighted by atomic mass is 19.4. The van der Waals surface area contributed by atoms with Gasteiger partial charge in [0, 0.05) is 24.1 Å². The SMILES string of the molecule is CCOc1ccc(/C(O)=C2/C(=O)C(=O)N(c3ccc(OC(F)(F)F)cc3)C2c2cccnc2)c(OCC)c1. The Morgan fingerprint density at radius 3 is 2.29 bits per heavy atom. The highest BCUT2D eigenvalue weighted by Gasteiger charge is 2.47. The number of aromatic nitrogens is 1. The maximum atomic E-state index is 13.3. The van der Waals surface area contributed by atoms with Gasteiger partial charge in [-0.15, -0.1) is 13.2 Å². The molecule has 0 saturated carbocycles. The summed E-state index contributed by atoms with van der Waals surface area (Å²) in [5.41, 5.74) is 0.443. The third-order valence-corrected chi connectivity index (χ3v) is 5.61. The van der Waals surface area contributed by atoms with Crippen LogP contribution in [0.25, 0.3) is 5.76 Å². The van der Waals surface area contributed by atoms with E-state index in [1.165, 1.54) is 30.6 Å². The fourth-order valence-electron chi connectivity index (χ4n) is 4.14. The van der Waals surface area contributed by atoms with Crippen LogP contribution >= 0.6 is 0 Å². The lowest BCUT2D eigenvalue weighted by Gasteiger charge is -2.25. The van der Waals surface area contributed by atoms with Gasteiger partial charge in [-0.25, -0.2) is 0 Å². The zero-order valence-electron chi connectivity index (χ0n) is 20.4. The minimum Gasteiger partial charge on any atom is -0.507 e. The van der Waals surface area contributed by atoms with Gasteiger partial charge in [-0.3, -0.25) is 19.5 Å². The van der Waals surface area contributed by atoms with Crippen LogP contribution in [0.1, 0.15) is 31.0 Å². The molecule has 1 atom stereocenters. The molecule has 1 fully saturated rings. The first-order valence-electron chi connectivity index (χ1n) is 11.6. The van der Waals surface area contributed by atoms with Crippen LogP contribution in [0.15, 0.2) is 72.6 Å². The van der Waals surface area contributed by atoms with Gasteiger partial charge in [-0.1, -0.05) is 6.07 Å². The smallest absolute Gasteiger partial charge is 0.507 e. The topological polar surface area (TPSA) is 98.2 Å². The number of aliphatic hydroxyl groups excluding tert-OH is 1. The van der Waals surface area contributed by atoms with Crippen molar-refractivity contribution >= 4 is 23.1 Å². The van der Waals surface area contributed by atoms with Crippen molar-refractivity contribution in [1.29, 1.82) is 0 Å². The molecule has 1 aliphatic rings. The summed E-state index contributed by atoms with van der Waals surface area (Å²) in [6.07, 6.45) is -1.96. The van der Waals surface area contributed by atoms with E-state index in [1.807, 2.05) is 6.92 Å². The van der Waals surface area contributed by atoms with E-state index in [9.17, 15) is 27.9 Å². The number of halogens is 3. The summed E-state index contributed by atoms with van der Waals surface area (Å²) in [5, 5.41) is 11.4. The van der Waals surface area contributed by atoms with Crippen molar-refractivity contribution < 1.29 is 42.1 Å². The van der Waals surface area contributed by atoms with Crippen LogP contribution < -0.4 is 19.1 Å². The van der Waals surface area contributed by atoms with Gasteiger partial charge in [-0.2, -0.15) is 0 Å². The molecule has 11 heteroatoms. The van der Waals surface area contributed by atoms with E-state index in [2.05, 4.69) is 9.72 Å².